The second-order valence-electron chi connectivity index (χ2n) is 5.90. The van der Waals surface area contributed by atoms with E-state index in [0.29, 0.717) is 0 Å². The maximum absolute atomic E-state index is 4.69. The van der Waals surface area contributed by atoms with E-state index in [1.54, 1.807) is 0 Å². The smallest absolute Gasteiger partial charge is 0.227 e. The second-order valence-corrected chi connectivity index (χ2v) is 5.90. The fraction of sp³-hybridized carbons (Fsp3) is 0.444. The molecular formula is C18H24N4. The molecule has 1 aliphatic heterocycles. The van der Waals surface area contributed by atoms with E-state index in [-0.39, 0.29) is 0 Å². The first-order valence-electron chi connectivity index (χ1n) is 8.20. The summed E-state index contributed by atoms with van der Waals surface area (Å²) in [5, 5.41) is 3.44. The van der Waals surface area contributed by atoms with Crippen molar-refractivity contribution >= 4 is 11.8 Å². The van der Waals surface area contributed by atoms with Gasteiger partial charge in [0.15, 0.2) is 0 Å². The van der Waals surface area contributed by atoms with E-state index in [9.17, 15) is 0 Å². The first kappa shape index (κ1) is 14.8. The molecule has 1 N–H and O–H groups in total. The molecule has 0 amide bonds. The minimum atomic E-state index is 0.877. The van der Waals surface area contributed by atoms with Crippen LogP contribution in [0.2, 0.25) is 0 Å². The van der Waals surface area contributed by atoms with Crippen LogP contribution in [0, 0.1) is 6.92 Å². The van der Waals surface area contributed by atoms with Crippen molar-refractivity contribution in [1.29, 1.82) is 0 Å². The standard InChI is InChI=1S/C18H24N4/c1-15-14-17(19-11-10-16-8-4-2-5-9-16)21-18(20-15)22-12-6-3-7-13-22/h2,4-5,8-9,14H,3,6-7,10-13H2,1H3,(H,19,20,21). The highest BCUT2D eigenvalue weighted by molar-refractivity contribution is 5.44. The van der Waals surface area contributed by atoms with Crippen molar-refractivity contribution in [2.24, 2.45) is 0 Å². The molecule has 2 aromatic rings. The fourth-order valence-electron chi connectivity index (χ4n) is 2.86. The van der Waals surface area contributed by atoms with Gasteiger partial charge in [-0.05, 0) is 38.2 Å². The van der Waals surface area contributed by atoms with Gasteiger partial charge in [-0.1, -0.05) is 30.3 Å². The lowest BCUT2D eigenvalue weighted by Gasteiger charge is -2.27. The Bertz CT molecular complexity index is 591. The maximum atomic E-state index is 4.69. The summed E-state index contributed by atoms with van der Waals surface area (Å²) in [5.41, 5.74) is 2.37. The number of piperidine rings is 1. The SMILES string of the molecule is Cc1cc(NCCc2ccccc2)nc(N2CCCCC2)n1. The first-order valence-corrected chi connectivity index (χ1v) is 8.20. The number of anilines is 2. The van der Waals surface area contributed by atoms with E-state index in [1.807, 2.05) is 13.0 Å². The van der Waals surface area contributed by atoms with Crippen molar-refractivity contribution in [3.05, 3.63) is 47.7 Å². The Kier molecular flexibility index (Phi) is 4.88. The quantitative estimate of drug-likeness (QED) is 0.918. The molecule has 2 heterocycles. The van der Waals surface area contributed by atoms with Gasteiger partial charge in [-0.2, -0.15) is 4.98 Å². The molecule has 1 fully saturated rings. The third kappa shape index (κ3) is 3.97. The van der Waals surface area contributed by atoms with Gasteiger partial charge in [-0.3, -0.25) is 0 Å². The van der Waals surface area contributed by atoms with Crippen molar-refractivity contribution < 1.29 is 0 Å². The van der Waals surface area contributed by atoms with Crippen LogP contribution in [0.15, 0.2) is 36.4 Å². The number of aryl methyl sites for hydroxylation is 1. The average molecular weight is 296 g/mol. The molecule has 4 nitrogen and oxygen atoms in total. The van der Waals surface area contributed by atoms with Gasteiger partial charge in [-0.25, -0.2) is 4.98 Å². The predicted molar refractivity (Wildman–Crippen MR) is 91.5 cm³/mol. The zero-order chi connectivity index (χ0) is 15.2. The first-order chi connectivity index (χ1) is 10.8. The Morgan fingerprint density at radius 3 is 2.59 bits per heavy atom. The number of nitrogens with one attached hydrogen (secondary N) is 1. The molecule has 116 valence electrons. The van der Waals surface area contributed by atoms with E-state index < -0.39 is 0 Å². The molecule has 1 aromatic carbocycles. The molecule has 1 saturated heterocycles. The molecule has 0 saturated carbocycles. The van der Waals surface area contributed by atoms with Crippen LogP contribution in [0.3, 0.4) is 0 Å². The molecule has 22 heavy (non-hydrogen) atoms. The third-order valence-electron chi connectivity index (χ3n) is 4.04. The largest absolute Gasteiger partial charge is 0.370 e. The van der Waals surface area contributed by atoms with Crippen LogP contribution in [0.4, 0.5) is 11.8 Å². The predicted octanol–water partition coefficient (Wildman–Crippen LogP) is 3.43. The van der Waals surface area contributed by atoms with Gasteiger partial charge >= 0.3 is 0 Å². The van der Waals surface area contributed by atoms with E-state index >= 15 is 0 Å². The Hall–Kier alpha value is -2.10. The Morgan fingerprint density at radius 1 is 1.05 bits per heavy atom. The number of hydrogen-bond acceptors (Lipinski definition) is 4. The monoisotopic (exact) mass is 296 g/mol. The minimum Gasteiger partial charge on any atom is -0.370 e. The van der Waals surface area contributed by atoms with Crippen LogP contribution >= 0.6 is 0 Å². The summed E-state index contributed by atoms with van der Waals surface area (Å²) in [5.74, 6) is 1.81. The number of benzene rings is 1. The van der Waals surface area contributed by atoms with Crippen molar-refractivity contribution in [2.75, 3.05) is 29.9 Å². The van der Waals surface area contributed by atoms with Crippen LogP contribution in [0.5, 0.6) is 0 Å². The molecule has 3 rings (SSSR count). The highest BCUT2D eigenvalue weighted by Gasteiger charge is 2.14. The van der Waals surface area contributed by atoms with Gasteiger partial charge < -0.3 is 10.2 Å². The molecule has 0 unspecified atom stereocenters. The van der Waals surface area contributed by atoms with E-state index in [4.69, 9.17) is 4.98 Å². The lowest BCUT2D eigenvalue weighted by molar-refractivity contribution is 0.568. The van der Waals surface area contributed by atoms with E-state index in [2.05, 4.69) is 45.5 Å². The van der Waals surface area contributed by atoms with E-state index in [1.165, 1.54) is 24.8 Å². The summed E-state index contributed by atoms with van der Waals surface area (Å²) in [7, 11) is 0. The van der Waals surface area contributed by atoms with Gasteiger partial charge in [0.1, 0.15) is 5.82 Å². The Labute approximate surface area is 132 Å². The highest BCUT2D eigenvalue weighted by Crippen LogP contribution is 2.18. The Morgan fingerprint density at radius 2 is 1.82 bits per heavy atom. The zero-order valence-electron chi connectivity index (χ0n) is 13.3. The van der Waals surface area contributed by atoms with Crippen molar-refractivity contribution in [3.63, 3.8) is 0 Å². The number of hydrogen-bond donors (Lipinski definition) is 1. The summed E-state index contributed by atoms with van der Waals surface area (Å²) in [4.78, 5) is 11.6. The molecule has 0 spiro atoms. The number of nitrogens with zero attached hydrogens (tertiary/aromatic N) is 3. The summed E-state index contributed by atoms with van der Waals surface area (Å²) >= 11 is 0. The van der Waals surface area contributed by atoms with Gasteiger partial charge in [0.05, 0.1) is 0 Å². The third-order valence-corrected chi connectivity index (χ3v) is 4.04. The number of aromatic nitrogens is 2. The maximum Gasteiger partial charge on any atom is 0.227 e. The molecule has 0 atom stereocenters. The summed E-state index contributed by atoms with van der Waals surface area (Å²) < 4.78 is 0. The minimum absolute atomic E-state index is 0.877. The van der Waals surface area contributed by atoms with Crippen molar-refractivity contribution in [2.45, 2.75) is 32.6 Å². The summed E-state index contributed by atoms with van der Waals surface area (Å²) in [6.45, 7) is 5.08. The molecule has 0 bridgehead atoms. The van der Waals surface area contributed by atoms with Gasteiger partial charge in [0.25, 0.3) is 0 Å². The van der Waals surface area contributed by atoms with Crippen molar-refractivity contribution in [3.8, 4) is 0 Å². The lowest BCUT2D eigenvalue weighted by atomic mass is 10.1. The van der Waals surface area contributed by atoms with Crippen LogP contribution < -0.4 is 10.2 Å². The lowest BCUT2D eigenvalue weighted by Crippen LogP contribution is -2.31. The molecule has 0 aliphatic carbocycles. The van der Waals surface area contributed by atoms with Gasteiger partial charge in [-0.15, -0.1) is 0 Å². The number of rotatable bonds is 5. The molecular weight excluding hydrogens is 272 g/mol. The highest BCUT2D eigenvalue weighted by atomic mass is 15.3. The van der Waals surface area contributed by atoms with Crippen molar-refractivity contribution in [1.82, 2.24) is 9.97 Å². The van der Waals surface area contributed by atoms with Gasteiger partial charge in [0.2, 0.25) is 5.95 Å². The van der Waals surface area contributed by atoms with Crippen LogP contribution in [-0.4, -0.2) is 29.6 Å². The zero-order valence-corrected chi connectivity index (χ0v) is 13.3. The molecule has 4 heteroatoms. The Balaban J connectivity index is 1.62. The summed E-state index contributed by atoms with van der Waals surface area (Å²) in [6.07, 6.45) is 4.82. The van der Waals surface area contributed by atoms with Crippen LogP contribution in [-0.2, 0) is 6.42 Å². The van der Waals surface area contributed by atoms with Crippen LogP contribution in [0.1, 0.15) is 30.5 Å². The van der Waals surface area contributed by atoms with Crippen LogP contribution in [0.25, 0.3) is 0 Å². The molecule has 1 aliphatic rings. The topological polar surface area (TPSA) is 41.1 Å². The van der Waals surface area contributed by atoms with E-state index in [0.717, 1.165) is 43.5 Å². The fourth-order valence-corrected chi connectivity index (χ4v) is 2.86. The second kappa shape index (κ2) is 7.25. The molecule has 0 radical (unpaired) electrons. The summed E-state index contributed by atoms with van der Waals surface area (Å²) in [6, 6.07) is 12.6. The molecule has 1 aromatic heterocycles. The van der Waals surface area contributed by atoms with Gasteiger partial charge in [0, 0.05) is 31.4 Å². The normalized spacial score (nSPS) is 14.9. The average Bonchev–Trinajstić information content (AvgIpc) is 2.56.